The van der Waals surface area contributed by atoms with Crippen LogP contribution >= 0.6 is 11.3 Å². The number of amides is 1. The maximum absolute atomic E-state index is 13.1. The number of likely N-dealkylation sites (N-methyl/N-ethyl adjacent to an activating group) is 1. The highest BCUT2D eigenvalue weighted by Crippen LogP contribution is 2.41. The zero-order valence-corrected chi connectivity index (χ0v) is 19.6. The lowest BCUT2D eigenvalue weighted by Crippen LogP contribution is -2.39. The number of hydrogen-bond donors (Lipinski definition) is 2. The number of anilines is 3. The molecule has 9 heteroatoms. The smallest absolute Gasteiger partial charge is 0.267 e. The second kappa shape index (κ2) is 8.74. The number of ether oxygens (including phenoxy) is 1. The van der Waals surface area contributed by atoms with E-state index in [4.69, 9.17) is 15.5 Å². The van der Waals surface area contributed by atoms with Crippen LogP contribution in [0.25, 0.3) is 10.2 Å². The minimum atomic E-state index is -0.263. The highest BCUT2D eigenvalue weighted by molar-refractivity contribution is 7.21. The van der Waals surface area contributed by atoms with E-state index < -0.39 is 0 Å². The summed E-state index contributed by atoms with van der Waals surface area (Å²) in [5.41, 5.74) is 10.7. The van der Waals surface area contributed by atoms with E-state index in [1.54, 1.807) is 24.3 Å². The standard InChI is InChI=1S/C24H27N5O3S/c1-14(30)15-3-5-16(6-4-15)26-23(31)21-20(25)19-17-7-8-28(2)13-18(17)22(27-24(19)33-21)29-9-11-32-12-10-29/h3-6H,7-13,25H2,1-2H3,(H,26,31). The van der Waals surface area contributed by atoms with Gasteiger partial charge in [0.2, 0.25) is 0 Å². The molecule has 3 aromatic rings. The summed E-state index contributed by atoms with van der Waals surface area (Å²) in [5, 5.41) is 3.82. The van der Waals surface area contributed by atoms with Crippen molar-refractivity contribution in [2.24, 2.45) is 0 Å². The zero-order chi connectivity index (χ0) is 23.1. The van der Waals surface area contributed by atoms with E-state index in [0.717, 1.165) is 48.6 Å². The molecule has 0 atom stereocenters. The predicted octanol–water partition coefficient (Wildman–Crippen LogP) is 3.16. The number of morpholine rings is 1. The van der Waals surface area contributed by atoms with Crippen molar-refractivity contribution in [2.75, 3.05) is 55.8 Å². The molecule has 0 spiro atoms. The predicted molar refractivity (Wildman–Crippen MR) is 132 cm³/mol. The average molecular weight is 466 g/mol. The van der Waals surface area contributed by atoms with Crippen LogP contribution in [0.15, 0.2) is 24.3 Å². The Labute approximate surface area is 196 Å². The van der Waals surface area contributed by atoms with E-state index in [-0.39, 0.29) is 11.7 Å². The number of carbonyl (C=O) groups is 2. The Morgan fingerprint density at radius 3 is 2.55 bits per heavy atom. The third kappa shape index (κ3) is 4.07. The Balaban J connectivity index is 1.53. The fourth-order valence-electron chi connectivity index (χ4n) is 4.53. The Morgan fingerprint density at radius 1 is 1.12 bits per heavy atom. The lowest BCUT2D eigenvalue weighted by Gasteiger charge is -2.33. The largest absolute Gasteiger partial charge is 0.397 e. The first-order chi connectivity index (χ1) is 15.9. The summed E-state index contributed by atoms with van der Waals surface area (Å²) in [6.45, 7) is 6.25. The number of thiophene rings is 1. The molecule has 0 bridgehead atoms. The number of nitrogens with two attached hydrogens (primary N) is 1. The molecule has 5 rings (SSSR count). The molecule has 3 N–H and O–H groups in total. The zero-order valence-electron chi connectivity index (χ0n) is 18.8. The third-order valence-electron chi connectivity index (χ3n) is 6.31. The molecule has 2 aliphatic heterocycles. The average Bonchev–Trinajstić information content (AvgIpc) is 3.16. The van der Waals surface area contributed by atoms with Crippen LogP contribution in [-0.4, -0.2) is 61.5 Å². The summed E-state index contributed by atoms with van der Waals surface area (Å²) in [6, 6.07) is 6.86. The first-order valence-corrected chi connectivity index (χ1v) is 11.9. The summed E-state index contributed by atoms with van der Waals surface area (Å²) in [6.07, 6.45) is 0.872. The maximum Gasteiger partial charge on any atom is 0.267 e. The second-order valence-electron chi connectivity index (χ2n) is 8.59. The number of Topliss-reactive ketones (excluding diaryl/α,β-unsaturated/α-hetero) is 1. The molecule has 1 aromatic carbocycles. The van der Waals surface area contributed by atoms with Gasteiger partial charge in [-0.05, 0) is 50.2 Å². The summed E-state index contributed by atoms with van der Waals surface area (Å²) in [7, 11) is 2.11. The molecule has 1 saturated heterocycles. The molecule has 8 nitrogen and oxygen atoms in total. The molecular formula is C24H27N5O3S. The van der Waals surface area contributed by atoms with Crippen molar-refractivity contribution >= 4 is 50.4 Å². The van der Waals surface area contributed by atoms with Gasteiger partial charge in [-0.1, -0.05) is 0 Å². The fraction of sp³-hybridized carbons (Fsp3) is 0.375. The number of pyridine rings is 1. The van der Waals surface area contributed by atoms with Crippen LogP contribution in [0.5, 0.6) is 0 Å². The van der Waals surface area contributed by atoms with Crippen LogP contribution in [0.1, 0.15) is 38.1 Å². The van der Waals surface area contributed by atoms with Gasteiger partial charge in [0.05, 0.1) is 18.9 Å². The molecule has 2 aromatic heterocycles. The van der Waals surface area contributed by atoms with Gasteiger partial charge in [-0.3, -0.25) is 9.59 Å². The van der Waals surface area contributed by atoms with E-state index in [0.29, 0.717) is 35.0 Å². The molecule has 0 saturated carbocycles. The van der Waals surface area contributed by atoms with Crippen molar-refractivity contribution in [3.8, 4) is 0 Å². The normalized spacial score (nSPS) is 16.6. The quantitative estimate of drug-likeness (QED) is 0.571. The number of nitrogen functional groups attached to an aromatic ring is 1. The number of aromatic nitrogens is 1. The molecule has 0 unspecified atom stereocenters. The number of benzene rings is 1. The molecule has 0 radical (unpaired) electrons. The fourth-order valence-corrected chi connectivity index (χ4v) is 5.54. The lowest BCUT2D eigenvalue weighted by atomic mass is 9.96. The van der Waals surface area contributed by atoms with Crippen molar-refractivity contribution in [3.63, 3.8) is 0 Å². The highest BCUT2D eigenvalue weighted by Gasteiger charge is 2.29. The van der Waals surface area contributed by atoms with Crippen LogP contribution in [0.3, 0.4) is 0 Å². The van der Waals surface area contributed by atoms with Crippen molar-refractivity contribution in [2.45, 2.75) is 19.9 Å². The Kier molecular flexibility index (Phi) is 5.77. The Hall–Kier alpha value is -3.01. The van der Waals surface area contributed by atoms with Crippen molar-refractivity contribution in [1.82, 2.24) is 9.88 Å². The van der Waals surface area contributed by atoms with Crippen molar-refractivity contribution in [3.05, 3.63) is 45.8 Å². The van der Waals surface area contributed by atoms with Crippen LogP contribution in [-0.2, 0) is 17.7 Å². The van der Waals surface area contributed by atoms with Gasteiger partial charge >= 0.3 is 0 Å². The van der Waals surface area contributed by atoms with E-state index >= 15 is 0 Å². The summed E-state index contributed by atoms with van der Waals surface area (Å²) in [4.78, 5) is 35.5. The number of ketones is 1. The monoisotopic (exact) mass is 465 g/mol. The van der Waals surface area contributed by atoms with Crippen molar-refractivity contribution < 1.29 is 14.3 Å². The van der Waals surface area contributed by atoms with E-state index in [1.807, 2.05) is 0 Å². The van der Waals surface area contributed by atoms with Gasteiger partial charge in [0, 0.05) is 48.4 Å². The molecule has 172 valence electrons. The van der Waals surface area contributed by atoms with Crippen LogP contribution in [0.4, 0.5) is 17.2 Å². The van der Waals surface area contributed by atoms with Gasteiger partial charge in [0.15, 0.2) is 5.78 Å². The van der Waals surface area contributed by atoms with Gasteiger partial charge in [0.25, 0.3) is 5.91 Å². The van der Waals surface area contributed by atoms with Crippen LogP contribution in [0, 0.1) is 0 Å². The number of rotatable bonds is 4. The summed E-state index contributed by atoms with van der Waals surface area (Å²) < 4.78 is 5.54. The Bertz CT molecular complexity index is 1230. The van der Waals surface area contributed by atoms with Gasteiger partial charge in [-0.25, -0.2) is 4.98 Å². The van der Waals surface area contributed by atoms with E-state index in [1.165, 1.54) is 29.4 Å². The minimum absolute atomic E-state index is 0.0146. The van der Waals surface area contributed by atoms with E-state index in [9.17, 15) is 9.59 Å². The number of carbonyl (C=O) groups excluding carboxylic acids is 2. The molecular weight excluding hydrogens is 438 g/mol. The third-order valence-corrected chi connectivity index (χ3v) is 7.41. The van der Waals surface area contributed by atoms with Gasteiger partial charge in [0.1, 0.15) is 15.5 Å². The molecule has 0 aliphatic carbocycles. The van der Waals surface area contributed by atoms with Gasteiger partial charge < -0.3 is 25.6 Å². The number of hydrogen-bond acceptors (Lipinski definition) is 8. The first kappa shape index (κ1) is 21.8. The topological polar surface area (TPSA) is 101 Å². The van der Waals surface area contributed by atoms with Crippen LogP contribution in [0.2, 0.25) is 0 Å². The molecule has 33 heavy (non-hydrogen) atoms. The lowest BCUT2D eigenvalue weighted by molar-refractivity contribution is 0.101. The number of fused-ring (bicyclic) bond motifs is 3. The van der Waals surface area contributed by atoms with Gasteiger partial charge in [-0.2, -0.15) is 0 Å². The van der Waals surface area contributed by atoms with Crippen LogP contribution < -0.4 is 16.0 Å². The SMILES string of the molecule is CC(=O)c1ccc(NC(=O)c2sc3nc(N4CCOCC4)c4c(c3c2N)CCN(C)C4)cc1. The van der Waals surface area contributed by atoms with Gasteiger partial charge in [-0.15, -0.1) is 11.3 Å². The molecule has 1 fully saturated rings. The second-order valence-corrected chi connectivity index (χ2v) is 9.59. The van der Waals surface area contributed by atoms with Crippen molar-refractivity contribution in [1.29, 1.82) is 0 Å². The van der Waals surface area contributed by atoms with E-state index in [2.05, 4.69) is 22.2 Å². The Morgan fingerprint density at radius 2 is 1.85 bits per heavy atom. The number of nitrogens with zero attached hydrogens (tertiary/aromatic N) is 3. The highest BCUT2D eigenvalue weighted by atomic mass is 32.1. The summed E-state index contributed by atoms with van der Waals surface area (Å²) >= 11 is 1.34. The molecule has 4 heterocycles. The summed E-state index contributed by atoms with van der Waals surface area (Å²) in [5.74, 6) is 0.709. The minimum Gasteiger partial charge on any atom is -0.397 e. The number of nitrogens with one attached hydrogen (secondary N) is 1. The maximum atomic E-state index is 13.1. The first-order valence-electron chi connectivity index (χ1n) is 11.1. The molecule has 1 amide bonds. The molecule has 2 aliphatic rings.